The smallest absolute Gasteiger partial charge is 0.251 e. The number of rotatable bonds is 4. The SMILES string of the molecule is CC(NC(=O)c1ccccc1)C(=O)N1CCC(C(=O)N2CCN(C)CC2)CC1. The van der Waals surface area contributed by atoms with Crippen molar-refractivity contribution >= 4 is 17.7 Å². The van der Waals surface area contributed by atoms with Gasteiger partial charge in [-0.3, -0.25) is 14.4 Å². The van der Waals surface area contributed by atoms with E-state index in [9.17, 15) is 14.4 Å². The summed E-state index contributed by atoms with van der Waals surface area (Å²) in [5.74, 6) is -0.108. The Morgan fingerprint density at radius 3 is 2.14 bits per heavy atom. The third kappa shape index (κ3) is 4.90. The van der Waals surface area contributed by atoms with Crippen LogP contribution in [0, 0.1) is 5.92 Å². The molecule has 2 aliphatic rings. The molecule has 2 heterocycles. The standard InChI is InChI=1S/C21H30N4O3/c1-16(22-19(26)17-6-4-3-5-7-17)20(27)24-10-8-18(9-11-24)21(28)25-14-12-23(2)13-15-25/h3-7,16,18H,8-15H2,1-2H3,(H,22,26). The summed E-state index contributed by atoms with van der Waals surface area (Å²) in [7, 11) is 2.07. The summed E-state index contributed by atoms with van der Waals surface area (Å²) in [5, 5.41) is 2.77. The molecule has 1 atom stereocenters. The van der Waals surface area contributed by atoms with Crippen molar-refractivity contribution in [2.45, 2.75) is 25.8 Å². The molecule has 0 bridgehead atoms. The molecule has 3 amide bonds. The van der Waals surface area contributed by atoms with Gasteiger partial charge in [-0.1, -0.05) is 18.2 Å². The van der Waals surface area contributed by atoms with Crippen LogP contribution in [0.1, 0.15) is 30.1 Å². The summed E-state index contributed by atoms with van der Waals surface area (Å²) < 4.78 is 0. The molecule has 0 aromatic heterocycles. The molecule has 2 aliphatic heterocycles. The van der Waals surface area contributed by atoms with E-state index >= 15 is 0 Å². The van der Waals surface area contributed by atoms with Crippen molar-refractivity contribution in [3.8, 4) is 0 Å². The van der Waals surface area contributed by atoms with Crippen LogP contribution in [-0.2, 0) is 9.59 Å². The molecular weight excluding hydrogens is 356 g/mol. The number of piperidine rings is 1. The van der Waals surface area contributed by atoms with Crippen molar-refractivity contribution in [1.82, 2.24) is 20.0 Å². The fourth-order valence-electron chi connectivity index (χ4n) is 3.84. The lowest BCUT2D eigenvalue weighted by atomic mass is 9.94. The molecule has 152 valence electrons. The second-order valence-electron chi connectivity index (χ2n) is 7.79. The van der Waals surface area contributed by atoms with Crippen LogP contribution in [0.3, 0.4) is 0 Å². The zero-order valence-corrected chi connectivity index (χ0v) is 16.8. The van der Waals surface area contributed by atoms with Gasteiger partial charge in [0.05, 0.1) is 0 Å². The molecule has 1 aromatic carbocycles. The minimum Gasteiger partial charge on any atom is -0.341 e. The monoisotopic (exact) mass is 386 g/mol. The average Bonchev–Trinajstić information content (AvgIpc) is 2.74. The molecule has 2 fully saturated rings. The highest BCUT2D eigenvalue weighted by molar-refractivity contribution is 5.97. The lowest BCUT2D eigenvalue weighted by molar-refractivity contribution is -0.142. The second kappa shape index (κ2) is 9.19. The van der Waals surface area contributed by atoms with Crippen LogP contribution >= 0.6 is 0 Å². The summed E-state index contributed by atoms with van der Waals surface area (Å²) in [6.45, 7) is 6.26. The molecular formula is C21H30N4O3. The molecule has 0 radical (unpaired) electrons. The number of likely N-dealkylation sites (N-methyl/N-ethyl adjacent to an activating group) is 1. The highest BCUT2D eigenvalue weighted by atomic mass is 16.2. The second-order valence-corrected chi connectivity index (χ2v) is 7.79. The van der Waals surface area contributed by atoms with Crippen LogP contribution in [0.2, 0.25) is 0 Å². The zero-order valence-electron chi connectivity index (χ0n) is 16.8. The van der Waals surface area contributed by atoms with Crippen molar-refractivity contribution in [2.24, 2.45) is 5.92 Å². The quantitative estimate of drug-likeness (QED) is 0.832. The van der Waals surface area contributed by atoms with E-state index in [2.05, 4.69) is 17.3 Å². The lowest BCUT2D eigenvalue weighted by Gasteiger charge is -2.38. The van der Waals surface area contributed by atoms with E-state index in [1.807, 2.05) is 11.0 Å². The van der Waals surface area contributed by atoms with Gasteiger partial charge in [-0.2, -0.15) is 0 Å². The number of piperazine rings is 1. The molecule has 1 N–H and O–H groups in total. The van der Waals surface area contributed by atoms with E-state index in [1.54, 1.807) is 36.1 Å². The molecule has 3 rings (SSSR count). The molecule has 0 saturated carbocycles. The van der Waals surface area contributed by atoms with Gasteiger partial charge in [0.15, 0.2) is 0 Å². The summed E-state index contributed by atoms with van der Waals surface area (Å²) >= 11 is 0. The number of amides is 3. The third-order valence-corrected chi connectivity index (χ3v) is 5.72. The van der Waals surface area contributed by atoms with Crippen molar-refractivity contribution in [3.05, 3.63) is 35.9 Å². The van der Waals surface area contributed by atoms with Crippen molar-refractivity contribution in [2.75, 3.05) is 46.3 Å². The number of hydrogen-bond donors (Lipinski definition) is 1. The molecule has 7 nitrogen and oxygen atoms in total. The lowest BCUT2D eigenvalue weighted by Crippen LogP contribution is -2.53. The summed E-state index contributed by atoms with van der Waals surface area (Å²) in [5.41, 5.74) is 0.540. The van der Waals surface area contributed by atoms with Crippen molar-refractivity contribution in [3.63, 3.8) is 0 Å². The first-order valence-electron chi connectivity index (χ1n) is 10.1. The van der Waals surface area contributed by atoms with Gasteiger partial charge in [-0.25, -0.2) is 0 Å². The van der Waals surface area contributed by atoms with Crippen LogP contribution in [-0.4, -0.2) is 84.8 Å². The first kappa shape index (κ1) is 20.3. The predicted octanol–water partition coefficient (Wildman–Crippen LogP) is 0.818. The van der Waals surface area contributed by atoms with Gasteiger partial charge in [0.25, 0.3) is 5.91 Å². The van der Waals surface area contributed by atoms with E-state index < -0.39 is 6.04 Å². The number of nitrogens with one attached hydrogen (secondary N) is 1. The zero-order chi connectivity index (χ0) is 20.1. The molecule has 28 heavy (non-hydrogen) atoms. The van der Waals surface area contributed by atoms with Crippen LogP contribution < -0.4 is 5.32 Å². The van der Waals surface area contributed by atoms with E-state index in [0.717, 1.165) is 26.2 Å². The Morgan fingerprint density at radius 1 is 0.929 bits per heavy atom. The van der Waals surface area contributed by atoms with Crippen molar-refractivity contribution < 1.29 is 14.4 Å². The predicted molar refractivity (Wildman–Crippen MR) is 107 cm³/mol. The Balaban J connectivity index is 1.46. The Hall–Kier alpha value is -2.41. The van der Waals surface area contributed by atoms with Gasteiger partial charge in [0.1, 0.15) is 6.04 Å². The fourth-order valence-corrected chi connectivity index (χ4v) is 3.84. The first-order valence-corrected chi connectivity index (χ1v) is 10.1. The van der Waals surface area contributed by atoms with Gasteiger partial charge < -0.3 is 20.0 Å². The highest BCUT2D eigenvalue weighted by Crippen LogP contribution is 2.21. The Bertz CT molecular complexity index is 693. The normalized spacial score (nSPS) is 19.9. The molecule has 2 saturated heterocycles. The Kier molecular flexibility index (Phi) is 6.67. The number of carbonyl (C=O) groups is 3. The number of hydrogen-bond acceptors (Lipinski definition) is 4. The summed E-state index contributed by atoms with van der Waals surface area (Å²) in [6, 6.07) is 8.30. The number of carbonyl (C=O) groups excluding carboxylic acids is 3. The maximum atomic E-state index is 12.7. The largest absolute Gasteiger partial charge is 0.341 e. The number of benzene rings is 1. The fraction of sp³-hybridized carbons (Fsp3) is 0.571. The van der Waals surface area contributed by atoms with Gasteiger partial charge in [-0.05, 0) is 38.9 Å². The van der Waals surface area contributed by atoms with Gasteiger partial charge in [-0.15, -0.1) is 0 Å². The maximum Gasteiger partial charge on any atom is 0.251 e. The number of likely N-dealkylation sites (tertiary alicyclic amines) is 1. The van der Waals surface area contributed by atoms with Crippen LogP contribution in [0.25, 0.3) is 0 Å². The third-order valence-electron chi connectivity index (χ3n) is 5.72. The summed E-state index contributed by atoms with van der Waals surface area (Å²) in [4.78, 5) is 43.6. The van der Waals surface area contributed by atoms with Crippen LogP contribution in [0.5, 0.6) is 0 Å². The minimum atomic E-state index is -0.586. The highest BCUT2D eigenvalue weighted by Gasteiger charge is 2.32. The number of nitrogens with zero attached hydrogens (tertiary/aromatic N) is 3. The molecule has 1 unspecified atom stereocenters. The molecule has 7 heteroatoms. The Morgan fingerprint density at radius 2 is 1.54 bits per heavy atom. The van der Waals surface area contributed by atoms with E-state index in [1.165, 1.54) is 0 Å². The Labute approximate surface area is 166 Å². The molecule has 1 aromatic rings. The van der Waals surface area contributed by atoms with E-state index in [0.29, 0.717) is 31.5 Å². The minimum absolute atomic E-state index is 0.00155. The first-order chi connectivity index (χ1) is 13.5. The van der Waals surface area contributed by atoms with Crippen LogP contribution in [0.4, 0.5) is 0 Å². The average molecular weight is 386 g/mol. The molecule has 0 aliphatic carbocycles. The van der Waals surface area contributed by atoms with E-state index in [4.69, 9.17) is 0 Å². The maximum absolute atomic E-state index is 12.7. The van der Waals surface area contributed by atoms with Crippen molar-refractivity contribution in [1.29, 1.82) is 0 Å². The van der Waals surface area contributed by atoms with Crippen LogP contribution in [0.15, 0.2) is 30.3 Å². The van der Waals surface area contributed by atoms with Gasteiger partial charge in [0.2, 0.25) is 11.8 Å². The topological polar surface area (TPSA) is 73.0 Å². The molecule has 0 spiro atoms. The van der Waals surface area contributed by atoms with Gasteiger partial charge in [0, 0.05) is 50.7 Å². The van der Waals surface area contributed by atoms with E-state index in [-0.39, 0.29) is 23.6 Å². The summed E-state index contributed by atoms with van der Waals surface area (Å²) in [6.07, 6.45) is 1.38. The van der Waals surface area contributed by atoms with Gasteiger partial charge >= 0.3 is 0 Å².